The van der Waals surface area contributed by atoms with E-state index < -0.39 is 52.1 Å². The number of alkyl halides is 1. The molecule has 4 atom stereocenters. The molecule has 1 aromatic heterocycles. The van der Waals surface area contributed by atoms with Crippen LogP contribution in [0.4, 0.5) is 10.1 Å². The zero-order chi connectivity index (χ0) is 35.3. The van der Waals surface area contributed by atoms with E-state index >= 15 is 0 Å². The van der Waals surface area contributed by atoms with Gasteiger partial charge in [0, 0.05) is 50.2 Å². The Labute approximate surface area is 293 Å². The number of anilines is 1. The fraction of sp³-hybridized carbons (Fsp3) is 0.364. The first-order valence-corrected chi connectivity index (χ1v) is 17.7. The molecule has 2 saturated heterocycles. The number of esters is 1. The molecule has 0 spiro atoms. The van der Waals surface area contributed by atoms with Crippen molar-refractivity contribution in [2.24, 2.45) is 0 Å². The summed E-state index contributed by atoms with van der Waals surface area (Å²) >= 11 is 12.2. The van der Waals surface area contributed by atoms with Crippen LogP contribution in [0.5, 0.6) is 0 Å². The maximum Gasteiger partial charge on any atom is 0.328 e. The van der Waals surface area contributed by atoms with Crippen LogP contribution in [0.25, 0.3) is 0 Å². The van der Waals surface area contributed by atoms with Gasteiger partial charge in [0.25, 0.3) is 5.91 Å². The Hall–Kier alpha value is -4.13. The van der Waals surface area contributed by atoms with E-state index in [-0.39, 0.29) is 58.6 Å². The Kier molecular flexibility index (Phi) is 11.5. The highest BCUT2D eigenvalue weighted by atomic mass is 35.5. The molecule has 16 heteroatoms. The van der Waals surface area contributed by atoms with Gasteiger partial charge in [-0.05, 0) is 55.7 Å². The highest BCUT2D eigenvalue weighted by molar-refractivity contribution is 7.89. The van der Waals surface area contributed by atoms with Crippen molar-refractivity contribution < 1.29 is 31.9 Å². The minimum absolute atomic E-state index is 0.0103. The predicted molar refractivity (Wildman–Crippen MR) is 179 cm³/mol. The van der Waals surface area contributed by atoms with Gasteiger partial charge in [0.1, 0.15) is 18.3 Å². The van der Waals surface area contributed by atoms with Crippen molar-refractivity contribution in [2.45, 2.75) is 55.4 Å². The molecule has 2 aliphatic rings. The molecule has 2 aromatic carbocycles. The summed E-state index contributed by atoms with van der Waals surface area (Å²) in [5.41, 5.74) is 1.20. The van der Waals surface area contributed by atoms with E-state index in [1.807, 2.05) is 11.0 Å². The summed E-state index contributed by atoms with van der Waals surface area (Å²) in [4.78, 5) is 45.3. The van der Waals surface area contributed by atoms with Gasteiger partial charge in [0.05, 0.1) is 38.7 Å². The molecule has 2 N–H and O–H groups in total. The SMILES string of the molecule is CCOC(=O)C(Cc1ccc(NC(=O)c2c(Cl)cncc2Cl)cc1)NC(=O)C1C[C@@H](N2CC[C@@H](F)C2)CN1S(=O)(=O)c1cccc(C#N)c1. The molecule has 2 amide bonds. The number of carbonyl (C=O) groups is 3. The van der Waals surface area contributed by atoms with E-state index in [0.29, 0.717) is 24.2 Å². The molecular weight excluding hydrogens is 698 g/mol. The highest BCUT2D eigenvalue weighted by Crippen LogP contribution is 2.32. The Morgan fingerprint density at radius 3 is 2.47 bits per heavy atom. The Balaban J connectivity index is 1.35. The van der Waals surface area contributed by atoms with E-state index in [1.165, 1.54) is 36.7 Å². The monoisotopic (exact) mass is 730 g/mol. The summed E-state index contributed by atoms with van der Waals surface area (Å²) in [5, 5.41) is 14.9. The normalized spacial score (nSPS) is 20.3. The molecule has 2 aliphatic heterocycles. The summed E-state index contributed by atoms with van der Waals surface area (Å²) in [6.07, 6.45) is 1.92. The zero-order valence-electron chi connectivity index (χ0n) is 26.3. The summed E-state index contributed by atoms with van der Waals surface area (Å²) in [6, 6.07) is 11.1. The number of nitrogens with zero attached hydrogens (tertiary/aromatic N) is 4. The molecule has 0 saturated carbocycles. The van der Waals surface area contributed by atoms with Crippen LogP contribution in [0.1, 0.15) is 41.3 Å². The van der Waals surface area contributed by atoms with Crippen molar-refractivity contribution in [1.82, 2.24) is 19.5 Å². The van der Waals surface area contributed by atoms with E-state index in [2.05, 4.69) is 15.6 Å². The number of benzene rings is 2. The summed E-state index contributed by atoms with van der Waals surface area (Å²) < 4.78 is 48.2. The largest absolute Gasteiger partial charge is 0.464 e. The maximum absolute atomic E-state index is 14.1. The first-order valence-electron chi connectivity index (χ1n) is 15.5. The average molecular weight is 732 g/mol. The van der Waals surface area contributed by atoms with Crippen molar-refractivity contribution in [3.63, 3.8) is 0 Å². The van der Waals surface area contributed by atoms with Crippen LogP contribution in [0.3, 0.4) is 0 Å². The quantitative estimate of drug-likeness (QED) is 0.278. The second-order valence-electron chi connectivity index (χ2n) is 11.6. The topological polar surface area (TPSA) is 162 Å². The molecule has 49 heavy (non-hydrogen) atoms. The zero-order valence-corrected chi connectivity index (χ0v) is 28.6. The van der Waals surface area contributed by atoms with Gasteiger partial charge in [0.2, 0.25) is 15.9 Å². The van der Waals surface area contributed by atoms with E-state index in [9.17, 15) is 32.5 Å². The van der Waals surface area contributed by atoms with Gasteiger partial charge in [-0.3, -0.25) is 19.5 Å². The van der Waals surface area contributed by atoms with Crippen LogP contribution in [0.2, 0.25) is 10.0 Å². The lowest BCUT2D eigenvalue weighted by molar-refractivity contribution is -0.147. The first kappa shape index (κ1) is 36.2. The second kappa shape index (κ2) is 15.6. The average Bonchev–Trinajstić information content (AvgIpc) is 3.73. The van der Waals surface area contributed by atoms with Crippen LogP contribution in [0.15, 0.2) is 65.8 Å². The number of amides is 2. The lowest BCUT2D eigenvalue weighted by Gasteiger charge is -2.25. The van der Waals surface area contributed by atoms with E-state index in [4.69, 9.17) is 27.9 Å². The molecule has 3 heterocycles. The Morgan fingerprint density at radius 2 is 1.84 bits per heavy atom. The van der Waals surface area contributed by atoms with Crippen molar-refractivity contribution >= 4 is 56.7 Å². The molecule has 3 aromatic rings. The molecule has 2 unspecified atom stereocenters. The second-order valence-corrected chi connectivity index (χ2v) is 14.4. The molecular formula is C33H33Cl2FN6O6S. The number of hydrogen-bond donors (Lipinski definition) is 2. The fourth-order valence-corrected chi connectivity index (χ4v) is 8.19. The number of ether oxygens (including phenoxy) is 1. The standard InChI is InChI=1S/C33H33Cl2FN6O6S/c1-2-48-33(45)28(13-20-6-8-23(9-7-20)39-32(44)30-26(34)16-38-17-27(30)35)40-31(43)29-14-24(41-11-10-22(36)18-41)19-42(29)49(46,47)25-5-3-4-21(12-25)15-37/h3-9,12,16-17,22,24,28-29H,2,10-11,13-14,18-19H2,1H3,(H,39,44)(H,40,43)/t22-,24-,28?,29?/m1/s1. The van der Waals surface area contributed by atoms with Crippen LogP contribution in [-0.4, -0.2) is 90.9 Å². The minimum Gasteiger partial charge on any atom is -0.464 e. The maximum atomic E-state index is 14.1. The number of sulfonamides is 1. The number of rotatable bonds is 11. The molecule has 5 rings (SSSR count). The fourth-order valence-electron chi connectivity index (χ4n) is 5.97. The van der Waals surface area contributed by atoms with Gasteiger partial charge in [-0.2, -0.15) is 9.57 Å². The van der Waals surface area contributed by atoms with Gasteiger partial charge in [-0.25, -0.2) is 17.6 Å². The lowest BCUT2D eigenvalue weighted by atomic mass is 10.0. The number of hydrogen-bond acceptors (Lipinski definition) is 9. The Bertz CT molecular complexity index is 1860. The number of aromatic nitrogens is 1. The predicted octanol–water partition coefficient (Wildman–Crippen LogP) is 3.98. The third kappa shape index (κ3) is 8.37. The van der Waals surface area contributed by atoms with Crippen LogP contribution in [-0.2, 0) is 30.8 Å². The van der Waals surface area contributed by atoms with Gasteiger partial charge < -0.3 is 15.4 Å². The first-order chi connectivity index (χ1) is 23.4. The number of likely N-dealkylation sites (tertiary alicyclic amines) is 1. The van der Waals surface area contributed by atoms with Crippen molar-refractivity contribution in [1.29, 1.82) is 5.26 Å². The van der Waals surface area contributed by atoms with Crippen LogP contribution < -0.4 is 10.6 Å². The number of nitrogens with one attached hydrogen (secondary N) is 2. The summed E-state index contributed by atoms with van der Waals surface area (Å²) in [5.74, 6) is -1.99. The van der Waals surface area contributed by atoms with Gasteiger partial charge in [0.15, 0.2) is 0 Å². The van der Waals surface area contributed by atoms with E-state index in [1.54, 1.807) is 31.2 Å². The van der Waals surface area contributed by atoms with Gasteiger partial charge in [-0.15, -0.1) is 0 Å². The molecule has 0 aliphatic carbocycles. The summed E-state index contributed by atoms with van der Waals surface area (Å²) in [6.45, 7) is 2.13. The number of pyridine rings is 1. The number of nitriles is 1. The third-order valence-electron chi connectivity index (χ3n) is 8.40. The number of halogens is 3. The smallest absolute Gasteiger partial charge is 0.328 e. The summed E-state index contributed by atoms with van der Waals surface area (Å²) in [7, 11) is -4.28. The molecule has 0 radical (unpaired) electrons. The van der Waals surface area contributed by atoms with Crippen molar-refractivity contribution in [3.8, 4) is 6.07 Å². The molecule has 258 valence electrons. The molecule has 12 nitrogen and oxygen atoms in total. The molecule has 2 fully saturated rings. The van der Waals surface area contributed by atoms with Gasteiger partial charge >= 0.3 is 5.97 Å². The van der Waals surface area contributed by atoms with Crippen LogP contribution >= 0.6 is 23.2 Å². The third-order valence-corrected chi connectivity index (χ3v) is 10.8. The molecule has 0 bridgehead atoms. The minimum atomic E-state index is -4.28. The highest BCUT2D eigenvalue weighted by Gasteiger charge is 2.47. The van der Waals surface area contributed by atoms with Crippen molar-refractivity contribution in [3.05, 3.63) is 87.7 Å². The van der Waals surface area contributed by atoms with Gasteiger partial charge in [-0.1, -0.05) is 41.4 Å². The Morgan fingerprint density at radius 1 is 1.12 bits per heavy atom. The number of carbonyl (C=O) groups excluding carboxylic acids is 3. The van der Waals surface area contributed by atoms with Crippen LogP contribution in [0, 0.1) is 11.3 Å². The van der Waals surface area contributed by atoms with E-state index in [0.717, 1.165) is 4.31 Å². The lowest BCUT2D eigenvalue weighted by Crippen LogP contribution is -2.51. The van der Waals surface area contributed by atoms with Crippen molar-refractivity contribution in [2.75, 3.05) is 31.6 Å².